The van der Waals surface area contributed by atoms with Gasteiger partial charge in [-0.1, -0.05) is 164 Å². The number of rotatable bonds is 7. The smallest absolute Gasteiger partial charge is 0.164 e. The molecule has 0 unspecified atom stereocenters. The average molecular weight is 899 g/mol. The summed E-state index contributed by atoms with van der Waals surface area (Å²) in [5, 5.41) is 7.09. The molecule has 0 saturated heterocycles. The summed E-state index contributed by atoms with van der Waals surface area (Å²) in [5.74, 6) is 1.76. The van der Waals surface area contributed by atoms with Crippen LogP contribution in [0, 0.1) is 0 Å². The normalized spacial score (nSPS) is 11.8. The molecule has 4 aromatic heterocycles. The maximum atomic E-state index is 6.33. The second kappa shape index (κ2) is 15.8. The molecule has 0 radical (unpaired) electrons. The Balaban J connectivity index is 0.952. The molecule has 0 fully saturated rings. The molecule has 0 amide bonds. The molecule has 14 rings (SSSR count). The number of hydrogen-bond donors (Lipinski definition) is 0. The van der Waals surface area contributed by atoms with Gasteiger partial charge in [0, 0.05) is 69.7 Å². The molecule has 69 heavy (non-hydrogen) atoms. The van der Waals surface area contributed by atoms with Gasteiger partial charge in [-0.15, -0.1) is 11.3 Å². The minimum Gasteiger partial charge on any atom is -0.456 e. The van der Waals surface area contributed by atoms with Crippen LogP contribution < -0.4 is 0 Å². The highest BCUT2D eigenvalue weighted by Crippen LogP contribution is 2.42. The summed E-state index contributed by atoms with van der Waals surface area (Å²) in [6, 6.07) is 81.9. The lowest BCUT2D eigenvalue weighted by atomic mass is 9.96. The van der Waals surface area contributed by atoms with E-state index >= 15 is 0 Å². The van der Waals surface area contributed by atoms with E-state index in [1.165, 1.54) is 53.2 Å². The first-order valence-electron chi connectivity index (χ1n) is 23.2. The fourth-order valence-electron chi connectivity index (χ4n) is 10.2. The van der Waals surface area contributed by atoms with Crippen molar-refractivity contribution in [2.45, 2.75) is 0 Å². The highest BCUT2D eigenvalue weighted by atomic mass is 32.1. The summed E-state index contributed by atoms with van der Waals surface area (Å²) in [6.45, 7) is 0. The SMILES string of the molecule is c1ccc(-c2ccc3c(c2)c2cccc(-c4cccc(-c5ccc6sc7ccccc7c6c5)c4)c2n3-c2cccc(-c3nc(-c4ccccc4)nc(-c4ccc5c(c4)oc4ccccc45)n3)c2)cc1. The second-order valence-electron chi connectivity index (χ2n) is 17.6. The lowest BCUT2D eigenvalue weighted by Crippen LogP contribution is -2.01. The zero-order chi connectivity index (χ0) is 45.4. The molecule has 6 heteroatoms. The molecule has 0 aliphatic carbocycles. The Kier molecular flexibility index (Phi) is 9.00. The Morgan fingerprint density at radius 1 is 0.319 bits per heavy atom. The van der Waals surface area contributed by atoms with Crippen LogP contribution in [0.4, 0.5) is 0 Å². The number of fused-ring (bicyclic) bond motifs is 9. The van der Waals surface area contributed by atoms with Gasteiger partial charge in [-0.2, -0.15) is 0 Å². The molecule has 0 aliphatic rings. The lowest BCUT2D eigenvalue weighted by Gasteiger charge is -2.14. The van der Waals surface area contributed by atoms with Crippen molar-refractivity contribution < 1.29 is 4.42 Å². The van der Waals surface area contributed by atoms with Crippen molar-refractivity contribution in [1.82, 2.24) is 19.5 Å². The van der Waals surface area contributed by atoms with Gasteiger partial charge in [-0.25, -0.2) is 15.0 Å². The summed E-state index contributed by atoms with van der Waals surface area (Å²) in [6.07, 6.45) is 0. The molecule has 0 atom stereocenters. The van der Waals surface area contributed by atoms with Crippen molar-refractivity contribution in [2.75, 3.05) is 0 Å². The molecule has 0 aliphatic heterocycles. The van der Waals surface area contributed by atoms with Gasteiger partial charge < -0.3 is 8.98 Å². The molecule has 10 aromatic carbocycles. The van der Waals surface area contributed by atoms with Gasteiger partial charge in [0.2, 0.25) is 0 Å². The number of aromatic nitrogens is 4. The van der Waals surface area contributed by atoms with Gasteiger partial charge in [0.05, 0.1) is 11.0 Å². The van der Waals surface area contributed by atoms with Crippen molar-refractivity contribution >= 4 is 75.3 Å². The fourth-order valence-corrected chi connectivity index (χ4v) is 11.2. The first-order chi connectivity index (χ1) is 34.2. The summed E-state index contributed by atoms with van der Waals surface area (Å²) in [4.78, 5) is 15.5. The first-order valence-corrected chi connectivity index (χ1v) is 24.0. The zero-order valence-electron chi connectivity index (χ0n) is 37.0. The van der Waals surface area contributed by atoms with Gasteiger partial charge in [0.25, 0.3) is 0 Å². The highest BCUT2D eigenvalue weighted by molar-refractivity contribution is 7.25. The van der Waals surface area contributed by atoms with E-state index in [9.17, 15) is 0 Å². The molecule has 0 bridgehead atoms. The van der Waals surface area contributed by atoms with Crippen LogP contribution in [0.15, 0.2) is 235 Å². The topological polar surface area (TPSA) is 56.7 Å². The third kappa shape index (κ3) is 6.64. The highest BCUT2D eigenvalue weighted by Gasteiger charge is 2.20. The second-order valence-corrected chi connectivity index (χ2v) is 18.6. The quantitative estimate of drug-likeness (QED) is 0.160. The number of thiophene rings is 1. The molecule has 5 nitrogen and oxygen atoms in total. The van der Waals surface area contributed by atoms with E-state index in [1.807, 2.05) is 65.9 Å². The van der Waals surface area contributed by atoms with E-state index in [0.717, 1.165) is 66.5 Å². The van der Waals surface area contributed by atoms with Crippen molar-refractivity contribution in [1.29, 1.82) is 0 Å². The summed E-state index contributed by atoms with van der Waals surface area (Å²) >= 11 is 1.85. The van der Waals surface area contributed by atoms with Crippen LogP contribution in [-0.2, 0) is 0 Å². The Morgan fingerprint density at radius 2 is 0.884 bits per heavy atom. The molecule has 0 spiro atoms. The zero-order valence-corrected chi connectivity index (χ0v) is 37.9. The predicted molar refractivity (Wildman–Crippen MR) is 287 cm³/mol. The first kappa shape index (κ1) is 39.2. The summed E-state index contributed by atoms with van der Waals surface area (Å²) in [7, 11) is 0. The summed E-state index contributed by atoms with van der Waals surface area (Å²) < 4.78 is 11.4. The molecular formula is C63H38N4OS. The van der Waals surface area contributed by atoms with E-state index in [2.05, 4.69) is 180 Å². The average Bonchev–Trinajstić information content (AvgIpc) is 4.10. The Morgan fingerprint density at radius 3 is 1.74 bits per heavy atom. The van der Waals surface area contributed by atoms with Gasteiger partial charge >= 0.3 is 0 Å². The monoisotopic (exact) mass is 898 g/mol. The fraction of sp³-hybridized carbons (Fsp3) is 0. The third-order valence-electron chi connectivity index (χ3n) is 13.4. The van der Waals surface area contributed by atoms with E-state index in [-0.39, 0.29) is 0 Å². The standard InChI is InChI=1S/C63H38N4OS/c1-3-14-39(15-4-1)42-29-32-55-53(36-42)52-25-13-24-48(44-19-11-18-41(34-44)43-30-33-59-54(37-43)51-23-8-10-27-58(51)69-59)60(52)67(55)47-21-12-20-45(35-47)62-64-61(40-16-5-2-6-17-40)65-63(66-62)46-28-31-50-49-22-7-9-26-56(49)68-57(50)38-46/h1-38H. The van der Waals surface area contributed by atoms with Gasteiger partial charge in [-0.3, -0.25) is 0 Å². The third-order valence-corrected chi connectivity index (χ3v) is 14.6. The molecule has 14 aromatic rings. The number of furan rings is 1. The predicted octanol–water partition coefficient (Wildman–Crippen LogP) is 17.2. The largest absolute Gasteiger partial charge is 0.456 e. The van der Waals surface area contributed by atoms with Crippen molar-refractivity contribution in [3.05, 3.63) is 231 Å². The number of nitrogens with zero attached hydrogens (tertiary/aromatic N) is 4. The van der Waals surface area contributed by atoms with Crippen LogP contribution >= 0.6 is 11.3 Å². The van der Waals surface area contributed by atoms with E-state index in [4.69, 9.17) is 19.4 Å². The van der Waals surface area contributed by atoms with Crippen LogP contribution in [0.2, 0.25) is 0 Å². The van der Waals surface area contributed by atoms with E-state index in [1.54, 1.807) is 0 Å². The lowest BCUT2D eigenvalue weighted by molar-refractivity contribution is 0.669. The molecule has 322 valence electrons. The Hall–Kier alpha value is -8.97. The van der Waals surface area contributed by atoms with Crippen LogP contribution in [-0.4, -0.2) is 19.5 Å². The van der Waals surface area contributed by atoms with Gasteiger partial charge in [-0.05, 0) is 94.5 Å². The van der Waals surface area contributed by atoms with E-state index in [0.29, 0.717) is 17.5 Å². The molecule has 0 N–H and O–H groups in total. The summed E-state index contributed by atoms with van der Waals surface area (Å²) in [5.41, 5.74) is 14.6. The van der Waals surface area contributed by atoms with Crippen molar-refractivity contribution in [3.63, 3.8) is 0 Å². The van der Waals surface area contributed by atoms with Crippen LogP contribution in [0.1, 0.15) is 0 Å². The Bertz CT molecular complexity index is 4320. The maximum absolute atomic E-state index is 6.33. The number of benzene rings is 10. The molecular weight excluding hydrogens is 861 g/mol. The van der Waals surface area contributed by atoms with Crippen LogP contribution in [0.3, 0.4) is 0 Å². The van der Waals surface area contributed by atoms with Crippen LogP contribution in [0.25, 0.3) is 137 Å². The number of hydrogen-bond acceptors (Lipinski definition) is 5. The van der Waals surface area contributed by atoms with Gasteiger partial charge in [0.15, 0.2) is 17.5 Å². The minimum atomic E-state index is 0.574. The van der Waals surface area contributed by atoms with E-state index < -0.39 is 0 Å². The molecule has 0 saturated carbocycles. The Labute approximate surface area is 400 Å². The van der Waals surface area contributed by atoms with Crippen molar-refractivity contribution in [3.8, 4) is 73.2 Å². The number of para-hydroxylation sites is 2. The van der Waals surface area contributed by atoms with Gasteiger partial charge in [0.1, 0.15) is 11.2 Å². The maximum Gasteiger partial charge on any atom is 0.164 e. The molecule has 4 heterocycles. The minimum absolute atomic E-state index is 0.574. The van der Waals surface area contributed by atoms with Crippen molar-refractivity contribution in [2.24, 2.45) is 0 Å². The van der Waals surface area contributed by atoms with Crippen LogP contribution in [0.5, 0.6) is 0 Å².